The third-order valence-corrected chi connectivity index (χ3v) is 5.88. The van der Waals surface area contributed by atoms with Gasteiger partial charge in [-0.25, -0.2) is 0 Å². The van der Waals surface area contributed by atoms with Crippen LogP contribution in [0.3, 0.4) is 0 Å². The standard InChI is InChI=1S/C23H42O4/c1-4-5-8-12-21(13-10-7-6-9-11-18(2)3)27-23(26)20-16-14-19(15-17-20)22(24)25/h18-21H,4-17H2,1-3H3,(H,24,25). The molecule has 4 heteroatoms. The van der Waals surface area contributed by atoms with Crippen LogP contribution in [0.2, 0.25) is 0 Å². The first-order chi connectivity index (χ1) is 12.9. The van der Waals surface area contributed by atoms with Crippen molar-refractivity contribution in [3.05, 3.63) is 0 Å². The van der Waals surface area contributed by atoms with E-state index in [0.717, 1.165) is 31.6 Å². The van der Waals surface area contributed by atoms with Gasteiger partial charge < -0.3 is 9.84 Å². The molecule has 1 saturated carbocycles. The fourth-order valence-corrected chi connectivity index (χ4v) is 4.00. The first-order valence-corrected chi connectivity index (χ1v) is 11.4. The van der Waals surface area contributed by atoms with Crippen molar-refractivity contribution in [2.24, 2.45) is 17.8 Å². The second-order valence-electron chi connectivity index (χ2n) is 8.83. The Hall–Kier alpha value is -1.06. The minimum Gasteiger partial charge on any atom is -0.481 e. The van der Waals surface area contributed by atoms with Gasteiger partial charge in [-0.15, -0.1) is 0 Å². The number of rotatable bonds is 14. The summed E-state index contributed by atoms with van der Waals surface area (Å²) in [6.07, 6.45) is 14.2. The average Bonchev–Trinajstić information content (AvgIpc) is 2.64. The van der Waals surface area contributed by atoms with Crippen LogP contribution in [-0.2, 0) is 14.3 Å². The Morgan fingerprint density at radius 1 is 0.852 bits per heavy atom. The van der Waals surface area contributed by atoms with Gasteiger partial charge in [-0.05, 0) is 57.3 Å². The van der Waals surface area contributed by atoms with Gasteiger partial charge in [0.25, 0.3) is 0 Å². The molecule has 1 fully saturated rings. The van der Waals surface area contributed by atoms with Gasteiger partial charge in [0.15, 0.2) is 0 Å². The maximum absolute atomic E-state index is 12.6. The molecule has 0 bridgehead atoms. The first-order valence-electron chi connectivity index (χ1n) is 11.4. The number of unbranched alkanes of at least 4 members (excludes halogenated alkanes) is 5. The number of hydrogen-bond donors (Lipinski definition) is 1. The molecule has 1 unspecified atom stereocenters. The summed E-state index contributed by atoms with van der Waals surface area (Å²) in [6, 6.07) is 0. The first kappa shape index (κ1) is 24.0. The molecule has 0 aliphatic heterocycles. The van der Waals surface area contributed by atoms with Gasteiger partial charge in [-0.2, -0.15) is 0 Å². The van der Waals surface area contributed by atoms with Crippen molar-refractivity contribution in [3.63, 3.8) is 0 Å². The number of carboxylic acids is 1. The number of ether oxygens (including phenoxy) is 1. The van der Waals surface area contributed by atoms with Crippen molar-refractivity contribution in [2.75, 3.05) is 0 Å². The lowest BCUT2D eigenvalue weighted by molar-refractivity contribution is -0.158. The van der Waals surface area contributed by atoms with Crippen molar-refractivity contribution < 1.29 is 19.4 Å². The minimum absolute atomic E-state index is 0.0475. The summed E-state index contributed by atoms with van der Waals surface area (Å²) in [5, 5.41) is 9.10. The zero-order chi connectivity index (χ0) is 20.1. The normalized spacial score (nSPS) is 21.2. The topological polar surface area (TPSA) is 63.6 Å². The molecule has 1 atom stereocenters. The van der Waals surface area contributed by atoms with E-state index in [0.29, 0.717) is 25.7 Å². The highest BCUT2D eigenvalue weighted by molar-refractivity contribution is 5.74. The maximum atomic E-state index is 12.6. The highest BCUT2D eigenvalue weighted by Gasteiger charge is 2.31. The van der Waals surface area contributed by atoms with Gasteiger partial charge >= 0.3 is 11.9 Å². The van der Waals surface area contributed by atoms with E-state index in [1.807, 2.05) is 0 Å². The van der Waals surface area contributed by atoms with Crippen LogP contribution in [-0.4, -0.2) is 23.1 Å². The molecule has 27 heavy (non-hydrogen) atoms. The van der Waals surface area contributed by atoms with Crippen LogP contribution in [0.1, 0.15) is 111 Å². The summed E-state index contributed by atoms with van der Waals surface area (Å²) in [5.41, 5.74) is 0. The van der Waals surface area contributed by atoms with Crippen LogP contribution in [0.25, 0.3) is 0 Å². The summed E-state index contributed by atoms with van der Waals surface area (Å²) in [6.45, 7) is 6.73. The van der Waals surface area contributed by atoms with Gasteiger partial charge in [0.05, 0.1) is 11.8 Å². The van der Waals surface area contributed by atoms with E-state index in [4.69, 9.17) is 9.84 Å². The Morgan fingerprint density at radius 2 is 1.37 bits per heavy atom. The van der Waals surface area contributed by atoms with Crippen LogP contribution in [0, 0.1) is 17.8 Å². The zero-order valence-corrected chi connectivity index (χ0v) is 17.9. The van der Waals surface area contributed by atoms with Gasteiger partial charge in [0, 0.05) is 0 Å². The molecule has 0 radical (unpaired) electrons. The number of carbonyl (C=O) groups is 2. The third-order valence-electron chi connectivity index (χ3n) is 5.88. The van der Waals surface area contributed by atoms with E-state index in [1.165, 1.54) is 38.5 Å². The van der Waals surface area contributed by atoms with Crippen LogP contribution in [0.15, 0.2) is 0 Å². The third kappa shape index (κ3) is 10.8. The molecule has 1 N–H and O–H groups in total. The number of esters is 1. The molecule has 0 aromatic rings. The predicted molar refractivity (Wildman–Crippen MR) is 110 cm³/mol. The quantitative estimate of drug-likeness (QED) is 0.280. The van der Waals surface area contributed by atoms with E-state index in [-0.39, 0.29) is 23.9 Å². The highest BCUT2D eigenvalue weighted by Crippen LogP contribution is 2.30. The summed E-state index contributed by atoms with van der Waals surface area (Å²) in [5.74, 6) is -0.401. The highest BCUT2D eigenvalue weighted by atomic mass is 16.5. The van der Waals surface area contributed by atoms with E-state index < -0.39 is 5.97 Å². The molecule has 4 nitrogen and oxygen atoms in total. The number of carboxylic acid groups (broad SMARTS) is 1. The molecule has 0 heterocycles. The Kier molecular flexibility index (Phi) is 12.4. The molecule has 1 aliphatic rings. The Balaban J connectivity index is 2.34. The molecular weight excluding hydrogens is 340 g/mol. The number of carbonyl (C=O) groups excluding carboxylic acids is 1. The zero-order valence-electron chi connectivity index (χ0n) is 17.9. The molecule has 0 spiro atoms. The fourth-order valence-electron chi connectivity index (χ4n) is 4.00. The molecule has 158 valence electrons. The molecule has 0 amide bonds. The Morgan fingerprint density at radius 3 is 1.89 bits per heavy atom. The van der Waals surface area contributed by atoms with Crippen LogP contribution < -0.4 is 0 Å². The molecule has 0 aromatic heterocycles. The largest absolute Gasteiger partial charge is 0.481 e. The maximum Gasteiger partial charge on any atom is 0.309 e. The van der Waals surface area contributed by atoms with Gasteiger partial charge in [-0.3, -0.25) is 9.59 Å². The lowest BCUT2D eigenvalue weighted by Crippen LogP contribution is -2.29. The van der Waals surface area contributed by atoms with Gasteiger partial charge in [0.2, 0.25) is 0 Å². The van der Waals surface area contributed by atoms with Gasteiger partial charge in [-0.1, -0.05) is 59.3 Å². The fraction of sp³-hybridized carbons (Fsp3) is 0.913. The Bertz CT molecular complexity index is 411. The molecular formula is C23H42O4. The van der Waals surface area contributed by atoms with E-state index in [9.17, 15) is 9.59 Å². The average molecular weight is 383 g/mol. The minimum atomic E-state index is -0.725. The summed E-state index contributed by atoms with van der Waals surface area (Å²) >= 11 is 0. The second-order valence-corrected chi connectivity index (χ2v) is 8.83. The molecule has 1 aliphatic carbocycles. The lowest BCUT2D eigenvalue weighted by atomic mass is 9.82. The van der Waals surface area contributed by atoms with E-state index >= 15 is 0 Å². The molecule has 0 aromatic carbocycles. The lowest BCUT2D eigenvalue weighted by Gasteiger charge is -2.27. The monoisotopic (exact) mass is 382 g/mol. The van der Waals surface area contributed by atoms with Crippen molar-refractivity contribution >= 4 is 11.9 Å². The number of hydrogen-bond acceptors (Lipinski definition) is 3. The summed E-state index contributed by atoms with van der Waals surface area (Å²) in [4.78, 5) is 23.6. The predicted octanol–water partition coefficient (Wildman–Crippen LogP) is 6.37. The molecule has 0 saturated heterocycles. The van der Waals surface area contributed by atoms with E-state index in [1.54, 1.807) is 0 Å². The van der Waals surface area contributed by atoms with Crippen molar-refractivity contribution in [1.29, 1.82) is 0 Å². The van der Waals surface area contributed by atoms with Gasteiger partial charge in [0.1, 0.15) is 6.10 Å². The molecule has 1 rings (SSSR count). The number of aliphatic carboxylic acids is 1. The van der Waals surface area contributed by atoms with Crippen LogP contribution >= 0.6 is 0 Å². The van der Waals surface area contributed by atoms with Crippen molar-refractivity contribution in [3.8, 4) is 0 Å². The van der Waals surface area contributed by atoms with Crippen LogP contribution in [0.4, 0.5) is 0 Å². The van der Waals surface area contributed by atoms with Crippen molar-refractivity contribution in [1.82, 2.24) is 0 Å². The SMILES string of the molecule is CCCCCC(CCCCCCC(C)C)OC(=O)C1CCC(C(=O)O)CC1. The van der Waals surface area contributed by atoms with Crippen LogP contribution in [0.5, 0.6) is 0 Å². The second kappa shape index (κ2) is 14.0. The summed E-state index contributed by atoms with van der Waals surface area (Å²) < 4.78 is 5.89. The Labute approximate surface area is 166 Å². The van der Waals surface area contributed by atoms with E-state index in [2.05, 4.69) is 20.8 Å². The summed E-state index contributed by atoms with van der Waals surface area (Å²) in [7, 11) is 0. The van der Waals surface area contributed by atoms with Crippen molar-refractivity contribution in [2.45, 2.75) is 117 Å². The smallest absolute Gasteiger partial charge is 0.309 e.